The average molecular weight is 251 g/mol. The van der Waals surface area contributed by atoms with Gasteiger partial charge in [0.15, 0.2) is 5.16 Å². The van der Waals surface area contributed by atoms with Gasteiger partial charge in [-0.05, 0) is 31.0 Å². The van der Waals surface area contributed by atoms with Crippen molar-refractivity contribution in [1.29, 1.82) is 0 Å². The molecule has 0 saturated carbocycles. The number of H-pyrrole nitrogens is 1. The fourth-order valence-corrected chi connectivity index (χ4v) is 2.48. The predicted molar refractivity (Wildman–Crippen MR) is 72.3 cm³/mol. The molecule has 2 rings (SSSR count). The SMILES string of the molecule is COCCCCSc1nc2ccc(N)cc2[nH]1. The number of rotatable bonds is 6. The summed E-state index contributed by atoms with van der Waals surface area (Å²) < 4.78 is 5.01. The van der Waals surface area contributed by atoms with Crippen molar-refractivity contribution in [2.45, 2.75) is 18.0 Å². The van der Waals surface area contributed by atoms with Crippen molar-refractivity contribution in [3.63, 3.8) is 0 Å². The molecule has 0 fully saturated rings. The van der Waals surface area contributed by atoms with Gasteiger partial charge in [0.05, 0.1) is 11.0 Å². The van der Waals surface area contributed by atoms with Gasteiger partial charge in [0.2, 0.25) is 0 Å². The van der Waals surface area contributed by atoms with E-state index in [9.17, 15) is 0 Å². The van der Waals surface area contributed by atoms with Gasteiger partial charge in [-0.15, -0.1) is 0 Å². The van der Waals surface area contributed by atoms with E-state index in [2.05, 4.69) is 9.97 Å². The lowest BCUT2D eigenvalue weighted by atomic mass is 10.3. The third-order valence-corrected chi connectivity index (χ3v) is 3.43. The number of nitrogens with one attached hydrogen (secondary N) is 1. The van der Waals surface area contributed by atoms with Crippen molar-refractivity contribution >= 4 is 28.5 Å². The molecular formula is C12H17N3OS. The molecule has 3 N–H and O–H groups in total. The molecule has 0 aliphatic rings. The lowest BCUT2D eigenvalue weighted by Crippen LogP contribution is -1.89. The third-order valence-electron chi connectivity index (χ3n) is 2.47. The highest BCUT2D eigenvalue weighted by molar-refractivity contribution is 7.99. The standard InChI is InChI=1S/C12H17N3OS/c1-16-6-2-3-7-17-12-14-10-5-4-9(13)8-11(10)15-12/h4-5,8H,2-3,6-7,13H2,1H3,(H,14,15). The van der Waals surface area contributed by atoms with Crippen molar-refractivity contribution < 1.29 is 4.74 Å². The smallest absolute Gasteiger partial charge is 0.166 e. The van der Waals surface area contributed by atoms with E-state index in [0.29, 0.717) is 0 Å². The van der Waals surface area contributed by atoms with E-state index in [1.165, 1.54) is 0 Å². The number of benzene rings is 1. The molecule has 0 bridgehead atoms. The Labute approximate surface area is 105 Å². The number of nitrogen functional groups attached to an aromatic ring is 1. The van der Waals surface area contributed by atoms with Crippen molar-refractivity contribution in [2.75, 3.05) is 25.2 Å². The highest BCUT2D eigenvalue weighted by atomic mass is 32.2. The van der Waals surface area contributed by atoms with Crippen LogP contribution >= 0.6 is 11.8 Å². The Morgan fingerprint density at radius 3 is 3.12 bits per heavy atom. The van der Waals surface area contributed by atoms with Gasteiger partial charge in [0.1, 0.15) is 0 Å². The molecule has 1 heterocycles. The first-order chi connectivity index (χ1) is 8.29. The van der Waals surface area contributed by atoms with Crippen LogP contribution < -0.4 is 5.73 Å². The van der Waals surface area contributed by atoms with Gasteiger partial charge in [0, 0.05) is 25.2 Å². The molecule has 0 unspecified atom stereocenters. The molecule has 0 amide bonds. The number of imidazole rings is 1. The molecule has 0 saturated heterocycles. The summed E-state index contributed by atoms with van der Waals surface area (Å²) >= 11 is 1.74. The average Bonchev–Trinajstić information content (AvgIpc) is 2.70. The first-order valence-electron chi connectivity index (χ1n) is 5.66. The van der Waals surface area contributed by atoms with Crippen LogP contribution in [0.3, 0.4) is 0 Å². The van der Waals surface area contributed by atoms with Crippen LogP contribution in [0, 0.1) is 0 Å². The summed E-state index contributed by atoms with van der Waals surface area (Å²) in [5, 5.41) is 0.961. The number of unbranched alkanes of at least 4 members (excludes halogenated alkanes) is 1. The minimum Gasteiger partial charge on any atom is -0.399 e. The van der Waals surface area contributed by atoms with Crippen LogP contribution in [0.2, 0.25) is 0 Å². The van der Waals surface area contributed by atoms with Crippen molar-refractivity contribution in [1.82, 2.24) is 9.97 Å². The Morgan fingerprint density at radius 2 is 2.29 bits per heavy atom. The highest BCUT2D eigenvalue weighted by Gasteiger charge is 2.03. The second kappa shape index (κ2) is 5.93. The molecule has 1 aromatic carbocycles. The van der Waals surface area contributed by atoms with Crippen LogP contribution in [0.5, 0.6) is 0 Å². The van der Waals surface area contributed by atoms with E-state index in [1.807, 2.05) is 18.2 Å². The van der Waals surface area contributed by atoms with Gasteiger partial charge in [-0.2, -0.15) is 0 Å². The van der Waals surface area contributed by atoms with E-state index >= 15 is 0 Å². The summed E-state index contributed by atoms with van der Waals surface area (Å²) in [5.74, 6) is 1.05. The summed E-state index contributed by atoms with van der Waals surface area (Å²) in [7, 11) is 1.73. The monoisotopic (exact) mass is 251 g/mol. The van der Waals surface area contributed by atoms with Crippen LogP contribution in [0.25, 0.3) is 11.0 Å². The van der Waals surface area contributed by atoms with Crippen LogP contribution in [0.1, 0.15) is 12.8 Å². The summed E-state index contributed by atoms with van der Waals surface area (Å²) in [6, 6.07) is 5.73. The molecule has 0 atom stereocenters. The number of methoxy groups -OCH3 is 1. The van der Waals surface area contributed by atoms with E-state index in [-0.39, 0.29) is 0 Å². The maximum atomic E-state index is 5.72. The topological polar surface area (TPSA) is 63.9 Å². The zero-order valence-electron chi connectivity index (χ0n) is 9.90. The lowest BCUT2D eigenvalue weighted by molar-refractivity contribution is 0.194. The Kier molecular flexibility index (Phi) is 4.28. The van der Waals surface area contributed by atoms with Gasteiger partial charge < -0.3 is 15.5 Å². The van der Waals surface area contributed by atoms with Gasteiger partial charge in [-0.3, -0.25) is 0 Å². The van der Waals surface area contributed by atoms with Gasteiger partial charge in [-0.1, -0.05) is 11.8 Å². The summed E-state index contributed by atoms with van der Waals surface area (Å²) in [6.45, 7) is 0.831. The number of thioether (sulfide) groups is 1. The van der Waals surface area contributed by atoms with Crippen LogP contribution in [0.15, 0.2) is 23.4 Å². The van der Waals surface area contributed by atoms with E-state index in [0.717, 1.165) is 47.1 Å². The number of nitrogens with zero attached hydrogens (tertiary/aromatic N) is 1. The molecule has 4 nitrogen and oxygen atoms in total. The summed E-state index contributed by atoms with van der Waals surface area (Å²) in [6.07, 6.45) is 2.23. The minimum absolute atomic E-state index is 0.762. The zero-order valence-corrected chi connectivity index (χ0v) is 10.7. The number of aromatic amines is 1. The van der Waals surface area contributed by atoms with Crippen LogP contribution in [-0.2, 0) is 4.74 Å². The van der Waals surface area contributed by atoms with Crippen LogP contribution in [-0.4, -0.2) is 29.4 Å². The number of fused-ring (bicyclic) bond motifs is 1. The Balaban J connectivity index is 1.91. The van der Waals surface area contributed by atoms with Crippen molar-refractivity contribution in [2.24, 2.45) is 0 Å². The molecule has 17 heavy (non-hydrogen) atoms. The molecule has 0 aliphatic heterocycles. The maximum Gasteiger partial charge on any atom is 0.166 e. The zero-order chi connectivity index (χ0) is 12.1. The fraction of sp³-hybridized carbons (Fsp3) is 0.417. The van der Waals surface area contributed by atoms with Crippen molar-refractivity contribution in [3.05, 3.63) is 18.2 Å². The quantitative estimate of drug-likeness (QED) is 0.470. The normalized spacial score (nSPS) is 11.1. The molecular weight excluding hydrogens is 234 g/mol. The Morgan fingerprint density at radius 1 is 1.41 bits per heavy atom. The Hall–Kier alpha value is -1.20. The highest BCUT2D eigenvalue weighted by Crippen LogP contribution is 2.21. The Bertz CT molecular complexity index is 484. The molecule has 0 spiro atoms. The fourth-order valence-electron chi connectivity index (χ4n) is 1.59. The third kappa shape index (κ3) is 3.38. The van der Waals surface area contributed by atoms with E-state index in [4.69, 9.17) is 10.5 Å². The van der Waals surface area contributed by atoms with Gasteiger partial charge in [0.25, 0.3) is 0 Å². The first kappa shape index (κ1) is 12.3. The van der Waals surface area contributed by atoms with E-state index in [1.54, 1.807) is 18.9 Å². The van der Waals surface area contributed by atoms with Gasteiger partial charge in [-0.25, -0.2) is 4.98 Å². The largest absolute Gasteiger partial charge is 0.399 e. The van der Waals surface area contributed by atoms with Gasteiger partial charge >= 0.3 is 0 Å². The number of nitrogens with two attached hydrogens (primary N) is 1. The van der Waals surface area contributed by atoms with E-state index < -0.39 is 0 Å². The predicted octanol–water partition coefficient (Wildman–Crippen LogP) is 2.66. The second-order valence-electron chi connectivity index (χ2n) is 3.87. The first-order valence-corrected chi connectivity index (χ1v) is 6.65. The summed E-state index contributed by atoms with van der Waals surface area (Å²) in [4.78, 5) is 7.76. The maximum absolute atomic E-state index is 5.72. The minimum atomic E-state index is 0.762. The molecule has 1 aromatic heterocycles. The number of anilines is 1. The molecule has 2 aromatic rings. The molecule has 0 aliphatic carbocycles. The number of hydrogen-bond donors (Lipinski definition) is 2. The lowest BCUT2D eigenvalue weighted by Gasteiger charge is -1.97. The molecule has 92 valence electrons. The number of hydrogen-bond acceptors (Lipinski definition) is 4. The summed E-state index contributed by atoms with van der Waals surface area (Å²) in [5.41, 5.74) is 8.46. The van der Waals surface area contributed by atoms with Crippen LogP contribution in [0.4, 0.5) is 5.69 Å². The number of aromatic nitrogens is 2. The second-order valence-corrected chi connectivity index (χ2v) is 4.95. The number of ether oxygens (including phenoxy) is 1. The van der Waals surface area contributed by atoms with Crippen molar-refractivity contribution in [3.8, 4) is 0 Å². The molecule has 0 radical (unpaired) electrons. The molecule has 5 heteroatoms.